The van der Waals surface area contributed by atoms with E-state index in [-0.39, 0.29) is 17.8 Å². The lowest BCUT2D eigenvalue weighted by atomic mass is 10.1. The van der Waals surface area contributed by atoms with Crippen LogP contribution in [-0.4, -0.2) is 20.4 Å². The number of nitro benzene ring substituents is 1. The Hall–Kier alpha value is -3.81. The molecular formula is C19H16N4O4. The molecule has 0 saturated carbocycles. The molecule has 1 amide bonds. The second-order valence-corrected chi connectivity index (χ2v) is 5.91. The van der Waals surface area contributed by atoms with E-state index in [1.165, 1.54) is 35.2 Å². The molecule has 1 heterocycles. The smallest absolute Gasteiger partial charge is 0.269 e. The van der Waals surface area contributed by atoms with Gasteiger partial charge in [-0.15, -0.1) is 0 Å². The van der Waals surface area contributed by atoms with Crippen LogP contribution in [0.15, 0.2) is 65.7 Å². The van der Waals surface area contributed by atoms with Crippen LogP contribution >= 0.6 is 0 Å². The van der Waals surface area contributed by atoms with Gasteiger partial charge in [0.05, 0.1) is 16.9 Å². The Kier molecular flexibility index (Phi) is 5.07. The van der Waals surface area contributed by atoms with Crippen LogP contribution in [0.4, 0.5) is 11.4 Å². The number of nitro groups is 1. The van der Waals surface area contributed by atoms with E-state index in [9.17, 15) is 19.7 Å². The number of hydrogen-bond acceptors (Lipinski definition) is 5. The minimum Gasteiger partial charge on any atom is -0.324 e. The molecule has 0 atom stereocenters. The zero-order valence-electron chi connectivity index (χ0n) is 14.5. The van der Waals surface area contributed by atoms with Crippen molar-refractivity contribution < 1.29 is 9.72 Å². The highest BCUT2D eigenvalue weighted by atomic mass is 16.6. The number of amides is 1. The summed E-state index contributed by atoms with van der Waals surface area (Å²) in [6, 6.07) is 14.8. The number of carbonyl (C=O) groups excluding carboxylic acids is 1. The number of nitrogens with zero attached hydrogens (tertiary/aromatic N) is 3. The molecule has 1 aromatic heterocycles. The van der Waals surface area contributed by atoms with Crippen molar-refractivity contribution in [3.8, 4) is 11.3 Å². The van der Waals surface area contributed by atoms with Crippen LogP contribution in [0.3, 0.4) is 0 Å². The Morgan fingerprint density at radius 2 is 1.93 bits per heavy atom. The van der Waals surface area contributed by atoms with E-state index in [2.05, 4.69) is 10.3 Å². The molecule has 0 bridgehead atoms. The Morgan fingerprint density at radius 1 is 1.19 bits per heavy atom. The van der Waals surface area contributed by atoms with Crippen molar-refractivity contribution in [2.24, 2.45) is 0 Å². The lowest BCUT2D eigenvalue weighted by Gasteiger charge is -2.10. The third kappa shape index (κ3) is 4.24. The summed E-state index contributed by atoms with van der Waals surface area (Å²) in [5, 5.41) is 13.4. The molecule has 0 radical (unpaired) electrons. The first kappa shape index (κ1) is 18.0. The van der Waals surface area contributed by atoms with Crippen molar-refractivity contribution in [2.45, 2.75) is 13.5 Å². The highest BCUT2D eigenvalue weighted by Gasteiger charge is 2.11. The number of benzene rings is 2. The average molecular weight is 364 g/mol. The number of non-ortho nitro benzene ring substituents is 1. The Morgan fingerprint density at radius 3 is 2.56 bits per heavy atom. The number of hydrogen-bond donors (Lipinski definition) is 1. The molecule has 0 spiro atoms. The van der Waals surface area contributed by atoms with Gasteiger partial charge >= 0.3 is 0 Å². The summed E-state index contributed by atoms with van der Waals surface area (Å²) >= 11 is 0. The largest absolute Gasteiger partial charge is 0.324 e. The van der Waals surface area contributed by atoms with Gasteiger partial charge in [0.15, 0.2) is 0 Å². The molecule has 2 aromatic carbocycles. The van der Waals surface area contributed by atoms with Gasteiger partial charge in [-0.05, 0) is 18.6 Å². The molecule has 3 rings (SSSR count). The monoisotopic (exact) mass is 364 g/mol. The molecule has 0 aliphatic heterocycles. The van der Waals surface area contributed by atoms with Gasteiger partial charge in [0.2, 0.25) is 5.91 Å². The molecule has 0 aliphatic carbocycles. The van der Waals surface area contributed by atoms with E-state index in [1.807, 2.05) is 30.3 Å². The normalized spacial score (nSPS) is 10.4. The summed E-state index contributed by atoms with van der Waals surface area (Å²) < 4.78 is 1.20. The van der Waals surface area contributed by atoms with Crippen molar-refractivity contribution in [1.29, 1.82) is 0 Å². The fourth-order valence-electron chi connectivity index (χ4n) is 2.56. The summed E-state index contributed by atoms with van der Waals surface area (Å²) in [5.74, 6) is -0.427. The summed E-state index contributed by atoms with van der Waals surface area (Å²) in [5.41, 5.74) is 1.95. The van der Waals surface area contributed by atoms with Gasteiger partial charge in [-0.3, -0.25) is 24.3 Å². The predicted octanol–water partition coefficient (Wildman–Crippen LogP) is 2.77. The van der Waals surface area contributed by atoms with Gasteiger partial charge < -0.3 is 5.32 Å². The number of aryl methyl sites for hydroxylation is 1. The maximum atomic E-state index is 12.3. The summed E-state index contributed by atoms with van der Waals surface area (Å²) in [7, 11) is 0. The van der Waals surface area contributed by atoms with E-state index in [1.54, 1.807) is 6.92 Å². The topological polar surface area (TPSA) is 107 Å². The zero-order valence-corrected chi connectivity index (χ0v) is 14.5. The minimum atomic E-state index is -0.502. The third-order valence-electron chi connectivity index (χ3n) is 3.96. The van der Waals surface area contributed by atoms with Crippen molar-refractivity contribution in [3.05, 3.63) is 87.0 Å². The Labute approximate surface area is 154 Å². The molecule has 0 saturated heterocycles. The first-order chi connectivity index (χ1) is 12.9. The number of carbonyl (C=O) groups is 1. The van der Waals surface area contributed by atoms with Crippen LogP contribution < -0.4 is 10.9 Å². The van der Waals surface area contributed by atoms with E-state index in [0.717, 1.165) is 5.56 Å². The maximum absolute atomic E-state index is 12.3. The van der Waals surface area contributed by atoms with Gasteiger partial charge in [-0.25, -0.2) is 4.98 Å². The summed E-state index contributed by atoms with van der Waals surface area (Å²) in [6.45, 7) is 1.45. The van der Waals surface area contributed by atoms with E-state index in [4.69, 9.17) is 0 Å². The Balaban J connectivity index is 1.73. The fourth-order valence-corrected chi connectivity index (χ4v) is 2.56. The van der Waals surface area contributed by atoms with Crippen molar-refractivity contribution in [3.63, 3.8) is 0 Å². The minimum absolute atomic E-state index is 0.0533. The predicted molar refractivity (Wildman–Crippen MR) is 100 cm³/mol. The molecule has 1 N–H and O–H groups in total. The second-order valence-electron chi connectivity index (χ2n) is 5.91. The number of rotatable bonds is 5. The summed E-state index contributed by atoms with van der Waals surface area (Å²) in [6.07, 6.45) is 1.33. The first-order valence-electron chi connectivity index (χ1n) is 8.11. The molecular weight excluding hydrogens is 348 g/mol. The molecule has 0 aliphatic rings. The standard InChI is InChI=1S/C19H16N4O4/c1-13-9-15(23(26)27)7-8-16(13)21-18(24)11-22-12-20-17(10-19(22)25)14-5-3-2-4-6-14/h2-10,12H,11H2,1H3,(H,21,24). The van der Waals surface area contributed by atoms with Crippen LogP contribution in [0.1, 0.15) is 5.56 Å². The first-order valence-corrected chi connectivity index (χ1v) is 8.11. The van der Waals surface area contributed by atoms with Crippen LogP contribution in [-0.2, 0) is 11.3 Å². The van der Waals surface area contributed by atoms with E-state index >= 15 is 0 Å². The van der Waals surface area contributed by atoms with Gasteiger partial charge in [0.1, 0.15) is 6.54 Å². The van der Waals surface area contributed by atoms with Crippen molar-refractivity contribution in [2.75, 3.05) is 5.32 Å². The van der Waals surface area contributed by atoms with Gasteiger partial charge in [0, 0.05) is 29.4 Å². The molecule has 27 heavy (non-hydrogen) atoms. The number of nitrogens with one attached hydrogen (secondary N) is 1. The van der Waals surface area contributed by atoms with Crippen molar-refractivity contribution in [1.82, 2.24) is 9.55 Å². The lowest BCUT2D eigenvalue weighted by Crippen LogP contribution is -2.27. The third-order valence-corrected chi connectivity index (χ3v) is 3.96. The second kappa shape index (κ2) is 7.61. The van der Waals surface area contributed by atoms with E-state index < -0.39 is 10.8 Å². The van der Waals surface area contributed by atoms with Crippen LogP contribution in [0.5, 0.6) is 0 Å². The molecule has 8 nitrogen and oxygen atoms in total. The fraction of sp³-hybridized carbons (Fsp3) is 0.105. The highest BCUT2D eigenvalue weighted by Crippen LogP contribution is 2.21. The number of aromatic nitrogens is 2. The molecule has 0 unspecified atom stereocenters. The van der Waals surface area contributed by atoms with Crippen molar-refractivity contribution >= 4 is 17.3 Å². The quantitative estimate of drug-likeness (QED) is 0.553. The lowest BCUT2D eigenvalue weighted by molar-refractivity contribution is -0.384. The highest BCUT2D eigenvalue weighted by molar-refractivity contribution is 5.91. The molecule has 0 fully saturated rings. The molecule has 136 valence electrons. The van der Waals surface area contributed by atoms with Crippen LogP contribution in [0.2, 0.25) is 0 Å². The average Bonchev–Trinajstić information content (AvgIpc) is 2.65. The summed E-state index contributed by atoms with van der Waals surface area (Å²) in [4.78, 5) is 39.0. The SMILES string of the molecule is Cc1cc([N+](=O)[O-])ccc1NC(=O)Cn1cnc(-c2ccccc2)cc1=O. The zero-order chi connectivity index (χ0) is 19.4. The van der Waals surface area contributed by atoms with Gasteiger partial charge in [-0.1, -0.05) is 30.3 Å². The maximum Gasteiger partial charge on any atom is 0.269 e. The van der Waals surface area contributed by atoms with Crippen LogP contribution in [0, 0.1) is 17.0 Å². The van der Waals surface area contributed by atoms with Crippen LogP contribution in [0.25, 0.3) is 11.3 Å². The van der Waals surface area contributed by atoms with Gasteiger partial charge in [0.25, 0.3) is 11.2 Å². The van der Waals surface area contributed by atoms with Gasteiger partial charge in [-0.2, -0.15) is 0 Å². The van der Waals surface area contributed by atoms with E-state index in [0.29, 0.717) is 16.9 Å². The number of anilines is 1. The Bertz CT molecular complexity index is 1060. The molecule has 8 heteroatoms. The molecule has 3 aromatic rings.